The number of nitrogens with two attached hydrogens (primary N) is 1. The third-order valence-electron chi connectivity index (χ3n) is 3.79. The van der Waals surface area contributed by atoms with Crippen molar-refractivity contribution in [2.24, 2.45) is 5.73 Å². The van der Waals surface area contributed by atoms with E-state index in [1.54, 1.807) is 0 Å². The molecule has 0 radical (unpaired) electrons. The minimum atomic E-state index is -2.98. The summed E-state index contributed by atoms with van der Waals surface area (Å²) in [6.45, 7) is 0.211. The second-order valence-corrected chi connectivity index (χ2v) is 7.78. The lowest BCUT2D eigenvalue weighted by atomic mass is 9.97. The van der Waals surface area contributed by atoms with Crippen molar-refractivity contribution in [2.75, 3.05) is 12.0 Å². The van der Waals surface area contributed by atoms with E-state index in [1.807, 2.05) is 24.3 Å². The smallest absolute Gasteiger partial charge is 0.240 e. The van der Waals surface area contributed by atoms with Gasteiger partial charge in [-0.05, 0) is 18.4 Å². The normalized spacial score (nSPS) is 16.9. The monoisotopic (exact) mass is 307 g/mol. The van der Waals surface area contributed by atoms with Gasteiger partial charge in [-0.15, -0.1) is 0 Å². The van der Waals surface area contributed by atoms with Crippen LogP contribution in [0.5, 0.6) is 0 Å². The topological polar surface area (TPSA) is 99.1 Å². The van der Waals surface area contributed by atoms with Crippen molar-refractivity contribution in [1.82, 2.24) is 10.1 Å². The van der Waals surface area contributed by atoms with Crippen molar-refractivity contribution < 1.29 is 12.9 Å². The molecule has 1 aliphatic rings. The molecule has 1 aliphatic carbocycles. The Morgan fingerprint density at radius 3 is 2.43 bits per heavy atom. The molecular formula is C14H17N3O3S. The van der Waals surface area contributed by atoms with Crippen LogP contribution in [-0.4, -0.2) is 30.6 Å². The summed E-state index contributed by atoms with van der Waals surface area (Å²) in [4.78, 5) is 4.17. The lowest BCUT2D eigenvalue weighted by Crippen LogP contribution is -2.19. The number of nitrogens with zero attached hydrogens (tertiary/aromatic N) is 2. The summed E-state index contributed by atoms with van der Waals surface area (Å²) in [5, 5.41) is 3.86. The number of sulfone groups is 1. The van der Waals surface area contributed by atoms with Crippen molar-refractivity contribution in [2.45, 2.75) is 24.8 Å². The van der Waals surface area contributed by atoms with Crippen LogP contribution < -0.4 is 5.73 Å². The maximum atomic E-state index is 11.5. The molecule has 0 spiro atoms. The molecule has 0 amide bonds. The number of hydrogen-bond donors (Lipinski definition) is 1. The van der Waals surface area contributed by atoms with Gasteiger partial charge in [-0.2, -0.15) is 4.98 Å². The van der Waals surface area contributed by atoms with E-state index in [9.17, 15) is 8.42 Å². The molecule has 0 atom stereocenters. The largest absolute Gasteiger partial charge is 0.338 e. The molecule has 1 saturated carbocycles. The Morgan fingerprint density at radius 2 is 1.95 bits per heavy atom. The lowest BCUT2D eigenvalue weighted by molar-refractivity contribution is 0.380. The second kappa shape index (κ2) is 4.92. The Hall–Kier alpha value is -1.73. The van der Waals surface area contributed by atoms with Crippen LogP contribution >= 0.6 is 0 Å². The molecule has 3 rings (SSSR count). The zero-order valence-electron chi connectivity index (χ0n) is 11.7. The first-order valence-corrected chi connectivity index (χ1v) is 8.79. The van der Waals surface area contributed by atoms with Gasteiger partial charge in [0.15, 0.2) is 0 Å². The van der Waals surface area contributed by atoms with Gasteiger partial charge in [-0.3, -0.25) is 0 Å². The van der Waals surface area contributed by atoms with E-state index in [0.29, 0.717) is 11.7 Å². The van der Waals surface area contributed by atoms with Gasteiger partial charge in [-0.25, -0.2) is 8.42 Å². The third-order valence-corrected chi connectivity index (χ3v) is 4.87. The molecule has 21 heavy (non-hydrogen) atoms. The maximum Gasteiger partial charge on any atom is 0.240 e. The molecule has 1 aromatic heterocycles. The highest BCUT2D eigenvalue weighted by Crippen LogP contribution is 2.49. The van der Waals surface area contributed by atoms with Gasteiger partial charge < -0.3 is 10.3 Å². The van der Waals surface area contributed by atoms with Gasteiger partial charge in [0.25, 0.3) is 0 Å². The van der Waals surface area contributed by atoms with Crippen LogP contribution in [0.25, 0.3) is 11.4 Å². The molecule has 0 unspecified atom stereocenters. The highest BCUT2D eigenvalue weighted by atomic mass is 32.2. The third kappa shape index (κ3) is 2.98. The number of benzene rings is 1. The Balaban J connectivity index is 1.84. The molecule has 2 N–H and O–H groups in total. The van der Waals surface area contributed by atoms with E-state index in [4.69, 9.17) is 10.3 Å². The van der Waals surface area contributed by atoms with Crippen LogP contribution in [0, 0.1) is 0 Å². The van der Waals surface area contributed by atoms with Crippen molar-refractivity contribution in [3.63, 3.8) is 0 Å². The van der Waals surface area contributed by atoms with Gasteiger partial charge in [0.1, 0.15) is 9.84 Å². The first-order chi connectivity index (χ1) is 9.92. The first kappa shape index (κ1) is 14.2. The Kier molecular flexibility index (Phi) is 3.33. The second-order valence-electron chi connectivity index (χ2n) is 5.64. The fraction of sp³-hybridized carbons (Fsp3) is 0.429. The fourth-order valence-corrected chi connectivity index (χ4v) is 4.06. The molecule has 7 heteroatoms. The van der Waals surface area contributed by atoms with Gasteiger partial charge in [-0.1, -0.05) is 29.4 Å². The summed E-state index contributed by atoms with van der Waals surface area (Å²) in [6, 6.07) is 7.68. The Bertz CT molecular complexity index is 746. The van der Waals surface area contributed by atoms with Crippen LogP contribution in [0.3, 0.4) is 0 Å². The maximum absolute atomic E-state index is 11.5. The van der Waals surface area contributed by atoms with Crippen LogP contribution in [0.4, 0.5) is 0 Å². The average molecular weight is 307 g/mol. The Morgan fingerprint density at radius 1 is 1.29 bits per heavy atom. The van der Waals surface area contributed by atoms with Crippen LogP contribution in [0.2, 0.25) is 0 Å². The highest BCUT2D eigenvalue weighted by molar-refractivity contribution is 7.90. The number of aromatic nitrogens is 2. The summed E-state index contributed by atoms with van der Waals surface area (Å²) in [5.41, 5.74) is 7.12. The van der Waals surface area contributed by atoms with Crippen molar-refractivity contribution in [3.05, 3.63) is 35.7 Å². The number of rotatable bonds is 5. The van der Waals surface area contributed by atoms with Crippen molar-refractivity contribution >= 4 is 9.84 Å². The summed E-state index contributed by atoms with van der Waals surface area (Å²) in [7, 11) is -2.98. The van der Waals surface area contributed by atoms with E-state index in [0.717, 1.165) is 24.0 Å². The fourth-order valence-electron chi connectivity index (χ4n) is 2.60. The van der Waals surface area contributed by atoms with Gasteiger partial charge in [0.05, 0.1) is 12.3 Å². The van der Waals surface area contributed by atoms with Gasteiger partial charge in [0, 0.05) is 17.2 Å². The van der Waals surface area contributed by atoms with E-state index >= 15 is 0 Å². The molecule has 2 aromatic rings. The van der Waals surface area contributed by atoms with Crippen LogP contribution in [0.1, 0.15) is 24.3 Å². The standard InChI is InChI=1S/C14H17N3O3S/c1-21(18,19)9-14(6-7-14)11-4-2-10(3-5-11)13-16-12(8-15)20-17-13/h2-5H,6-9,15H2,1H3. The van der Waals surface area contributed by atoms with E-state index in [1.165, 1.54) is 6.26 Å². The molecule has 1 heterocycles. The quantitative estimate of drug-likeness (QED) is 0.893. The molecule has 0 saturated heterocycles. The first-order valence-electron chi connectivity index (χ1n) is 6.73. The van der Waals surface area contributed by atoms with E-state index in [-0.39, 0.29) is 17.7 Å². The average Bonchev–Trinajstić information content (AvgIpc) is 3.04. The number of hydrogen-bond acceptors (Lipinski definition) is 6. The zero-order valence-corrected chi connectivity index (χ0v) is 12.6. The van der Waals surface area contributed by atoms with Crippen molar-refractivity contribution in [1.29, 1.82) is 0 Å². The molecule has 1 fully saturated rings. The summed E-state index contributed by atoms with van der Waals surface area (Å²) in [5.74, 6) is 1.10. The summed E-state index contributed by atoms with van der Waals surface area (Å²) < 4.78 is 28.1. The molecular weight excluding hydrogens is 290 g/mol. The zero-order chi connectivity index (χ0) is 15.1. The van der Waals surface area contributed by atoms with Crippen LogP contribution in [0.15, 0.2) is 28.8 Å². The summed E-state index contributed by atoms with van der Waals surface area (Å²) in [6.07, 6.45) is 3.12. The molecule has 6 nitrogen and oxygen atoms in total. The summed E-state index contributed by atoms with van der Waals surface area (Å²) >= 11 is 0. The van der Waals surface area contributed by atoms with Crippen LogP contribution in [-0.2, 0) is 21.8 Å². The van der Waals surface area contributed by atoms with E-state index in [2.05, 4.69) is 10.1 Å². The van der Waals surface area contributed by atoms with Gasteiger partial charge >= 0.3 is 0 Å². The molecule has 0 aliphatic heterocycles. The minimum absolute atomic E-state index is 0.203. The Labute approximate surface area is 123 Å². The van der Waals surface area contributed by atoms with Crippen molar-refractivity contribution in [3.8, 4) is 11.4 Å². The predicted octanol–water partition coefficient (Wildman–Crippen LogP) is 1.27. The molecule has 0 bridgehead atoms. The van der Waals surface area contributed by atoms with Gasteiger partial charge in [0.2, 0.25) is 11.7 Å². The predicted molar refractivity (Wildman–Crippen MR) is 78.2 cm³/mol. The molecule has 1 aromatic carbocycles. The minimum Gasteiger partial charge on any atom is -0.338 e. The SMILES string of the molecule is CS(=O)(=O)CC1(c2ccc(-c3noc(CN)n3)cc2)CC1. The lowest BCUT2D eigenvalue weighted by Gasteiger charge is -2.14. The van der Waals surface area contributed by atoms with E-state index < -0.39 is 9.84 Å². The highest BCUT2D eigenvalue weighted by Gasteiger charge is 2.46. The molecule has 112 valence electrons.